The van der Waals surface area contributed by atoms with Gasteiger partial charge in [-0.25, -0.2) is 0 Å². The molecule has 1 aromatic carbocycles. The fourth-order valence-corrected chi connectivity index (χ4v) is 2.92. The predicted octanol–water partition coefficient (Wildman–Crippen LogP) is 3.72. The number of para-hydroxylation sites is 1. The van der Waals surface area contributed by atoms with Crippen molar-refractivity contribution in [1.82, 2.24) is 5.32 Å². The number of ether oxygens (including phenoxy) is 1. The van der Waals surface area contributed by atoms with E-state index in [1.165, 1.54) is 24.8 Å². The summed E-state index contributed by atoms with van der Waals surface area (Å²) in [5.74, 6) is 1.73. The molecule has 1 aliphatic rings. The van der Waals surface area contributed by atoms with Crippen LogP contribution in [-0.2, 0) is 0 Å². The third-order valence-electron chi connectivity index (χ3n) is 3.65. The molecule has 0 aromatic heterocycles. The molecule has 1 aromatic rings. The Balaban J connectivity index is 2.09. The van der Waals surface area contributed by atoms with Crippen LogP contribution in [0.25, 0.3) is 0 Å². The van der Waals surface area contributed by atoms with Gasteiger partial charge in [0.1, 0.15) is 5.75 Å². The van der Waals surface area contributed by atoms with Crippen molar-refractivity contribution >= 4 is 0 Å². The lowest BCUT2D eigenvalue weighted by molar-refractivity contribution is 0.238. The van der Waals surface area contributed by atoms with Gasteiger partial charge in [0.15, 0.2) is 0 Å². The van der Waals surface area contributed by atoms with Gasteiger partial charge in [0, 0.05) is 6.04 Å². The Morgan fingerprint density at radius 2 is 2.06 bits per heavy atom. The van der Waals surface area contributed by atoms with Gasteiger partial charge in [-0.2, -0.15) is 0 Å². The van der Waals surface area contributed by atoms with Crippen molar-refractivity contribution in [2.45, 2.75) is 58.1 Å². The lowest BCUT2D eigenvalue weighted by Crippen LogP contribution is -2.25. The van der Waals surface area contributed by atoms with E-state index < -0.39 is 0 Å². The highest BCUT2D eigenvalue weighted by atomic mass is 16.5. The van der Waals surface area contributed by atoms with Crippen molar-refractivity contribution in [3.8, 4) is 5.75 Å². The van der Waals surface area contributed by atoms with E-state index in [9.17, 15) is 0 Å². The van der Waals surface area contributed by atoms with Crippen LogP contribution in [0.1, 0.15) is 51.5 Å². The molecule has 0 heterocycles. The maximum absolute atomic E-state index is 5.93. The fourth-order valence-electron chi connectivity index (χ4n) is 2.92. The Bertz CT molecular complexity index is 375. The van der Waals surface area contributed by atoms with Gasteiger partial charge in [-0.05, 0) is 57.2 Å². The van der Waals surface area contributed by atoms with Crippen molar-refractivity contribution in [3.05, 3.63) is 29.8 Å². The van der Waals surface area contributed by atoms with Crippen LogP contribution >= 0.6 is 0 Å². The van der Waals surface area contributed by atoms with Crippen LogP contribution in [0.4, 0.5) is 0 Å². The minimum absolute atomic E-state index is 0.247. The first-order valence-corrected chi connectivity index (χ1v) is 7.19. The largest absolute Gasteiger partial charge is 0.491 e. The van der Waals surface area contributed by atoms with Crippen LogP contribution in [-0.4, -0.2) is 18.7 Å². The number of rotatable bonds is 5. The second-order valence-electron chi connectivity index (χ2n) is 5.47. The quantitative estimate of drug-likeness (QED) is 0.856. The van der Waals surface area contributed by atoms with E-state index in [-0.39, 0.29) is 6.10 Å². The van der Waals surface area contributed by atoms with Crippen LogP contribution < -0.4 is 10.1 Å². The normalized spacial score (nSPS) is 23.6. The van der Waals surface area contributed by atoms with Gasteiger partial charge in [0.2, 0.25) is 0 Å². The Labute approximate surface area is 111 Å². The molecule has 0 radical (unpaired) electrons. The first kappa shape index (κ1) is 13.4. The highest BCUT2D eigenvalue weighted by Gasteiger charge is 2.27. The molecule has 0 bridgehead atoms. The van der Waals surface area contributed by atoms with E-state index in [2.05, 4.69) is 50.4 Å². The summed E-state index contributed by atoms with van der Waals surface area (Å²) in [5.41, 5.74) is 1.40. The minimum Gasteiger partial charge on any atom is -0.491 e. The highest BCUT2D eigenvalue weighted by Crippen LogP contribution is 2.39. The third-order valence-corrected chi connectivity index (χ3v) is 3.65. The smallest absolute Gasteiger partial charge is 0.123 e. The SMILES string of the molecule is CCNC1CCC(c2ccccc2OC(C)C)C1. The monoisotopic (exact) mass is 247 g/mol. The molecule has 2 rings (SSSR count). The van der Waals surface area contributed by atoms with E-state index >= 15 is 0 Å². The van der Waals surface area contributed by atoms with Crippen LogP contribution in [0.2, 0.25) is 0 Å². The van der Waals surface area contributed by atoms with Crippen LogP contribution in [0, 0.1) is 0 Å². The Morgan fingerprint density at radius 3 is 2.78 bits per heavy atom. The number of benzene rings is 1. The van der Waals surface area contributed by atoms with E-state index in [1.54, 1.807) is 0 Å². The number of hydrogen-bond donors (Lipinski definition) is 1. The standard InChI is InChI=1S/C16H25NO/c1-4-17-14-10-9-13(11-14)15-7-5-6-8-16(15)18-12(2)3/h5-8,12-14,17H,4,9-11H2,1-3H3. The second-order valence-corrected chi connectivity index (χ2v) is 5.47. The van der Waals surface area contributed by atoms with E-state index in [4.69, 9.17) is 4.74 Å². The van der Waals surface area contributed by atoms with Gasteiger partial charge in [-0.1, -0.05) is 25.1 Å². The van der Waals surface area contributed by atoms with E-state index in [0.29, 0.717) is 12.0 Å². The first-order valence-electron chi connectivity index (χ1n) is 7.19. The zero-order valence-electron chi connectivity index (χ0n) is 11.8. The maximum atomic E-state index is 5.93. The van der Waals surface area contributed by atoms with Crippen molar-refractivity contribution in [2.24, 2.45) is 0 Å². The molecule has 18 heavy (non-hydrogen) atoms. The molecular formula is C16H25NO. The zero-order chi connectivity index (χ0) is 13.0. The molecule has 2 heteroatoms. The van der Waals surface area contributed by atoms with Gasteiger partial charge >= 0.3 is 0 Å². The summed E-state index contributed by atoms with van der Waals surface area (Å²) >= 11 is 0. The molecule has 1 aliphatic carbocycles. The highest BCUT2D eigenvalue weighted by molar-refractivity contribution is 5.37. The van der Waals surface area contributed by atoms with Gasteiger partial charge in [0.05, 0.1) is 6.10 Å². The van der Waals surface area contributed by atoms with Crippen LogP contribution in [0.5, 0.6) is 5.75 Å². The fraction of sp³-hybridized carbons (Fsp3) is 0.625. The Hall–Kier alpha value is -1.02. The summed E-state index contributed by atoms with van der Waals surface area (Å²) in [5, 5.41) is 3.56. The molecule has 1 fully saturated rings. The molecule has 0 saturated heterocycles. The van der Waals surface area contributed by atoms with Gasteiger partial charge < -0.3 is 10.1 Å². The van der Waals surface area contributed by atoms with Gasteiger partial charge in [0.25, 0.3) is 0 Å². The number of nitrogens with one attached hydrogen (secondary N) is 1. The molecule has 2 atom stereocenters. The average Bonchev–Trinajstić information content (AvgIpc) is 2.78. The Kier molecular flexibility index (Phi) is 4.65. The molecule has 0 aliphatic heterocycles. The molecule has 0 amide bonds. The molecule has 100 valence electrons. The van der Waals surface area contributed by atoms with Crippen LogP contribution in [0.3, 0.4) is 0 Å². The lowest BCUT2D eigenvalue weighted by Gasteiger charge is -2.18. The van der Waals surface area contributed by atoms with Gasteiger partial charge in [-0.3, -0.25) is 0 Å². The summed E-state index contributed by atoms with van der Waals surface area (Å²) < 4.78 is 5.93. The molecule has 1 saturated carbocycles. The van der Waals surface area contributed by atoms with E-state index in [1.807, 2.05) is 0 Å². The summed E-state index contributed by atoms with van der Waals surface area (Å²) in [6, 6.07) is 9.22. The molecule has 1 N–H and O–H groups in total. The molecule has 0 spiro atoms. The minimum atomic E-state index is 0.247. The summed E-state index contributed by atoms with van der Waals surface area (Å²) in [6.07, 6.45) is 4.05. The number of hydrogen-bond acceptors (Lipinski definition) is 2. The lowest BCUT2D eigenvalue weighted by atomic mass is 9.96. The molecule has 2 nitrogen and oxygen atoms in total. The molecule has 2 unspecified atom stereocenters. The van der Waals surface area contributed by atoms with Crippen molar-refractivity contribution in [2.75, 3.05) is 6.54 Å². The molecular weight excluding hydrogens is 222 g/mol. The summed E-state index contributed by atoms with van der Waals surface area (Å²) in [6.45, 7) is 7.43. The Morgan fingerprint density at radius 1 is 1.28 bits per heavy atom. The van der Waals surface area contributed by atoms with E-state index in [0.717, 1.165) is 12.3 Å². The third kappa shape index (κ3) is 3.26. The summed E-state index contributed by atoms with van der Waals surface area (Å²) in [7, 11) is 0. The van der Waals surface area contributed by atoms with Gasteiger partial charge in [-0.15, -0.1) is 0 Å². The zero-order valence-corrected chi connectivity index (χ0v) is 11.8. The van der Waals surface area contributed by atoms with Crippen LogP contribution in [0.15, 0.2) is 24.3 Å². The first-order chi connectivity index (χ1) is 8.70. The predicted molar refractivity (Wildman–Crippen MR) is 76.3 cm³/mol. The second kappa shape index (κ2) is 6.24. The average molecular weight is 247 g/mol. The van der Waals surface area contributed by atoms with Crippen molar-refractivity contribution < 1.29 is 4.74 Å². The topological polar surface area (TPSA) is 21.3 Å². The summed E-state index contributed by atoms with van der Waals surface area (Å²) in [4.78, 5) is 0. The maximum Gasteiger partial charge on any atom is 0.123 e. The van der Waals surface area contributed by atoms with Crippen molar-refractivity contribution in [3.63, 3.8) is 0 Å². The van der Waals surface area contributed by atoms with Crippen molar-refractivity contribution in [1.29, 1.82) is 0 Å².